The van der Waals surface area contributed by atoms with E-state index in [2.05, 4.69) is 5.32 Å². The summed E-state index contributed by atoms with van der Waals surface area (Å²) in [6.45, 7) is 4.58. The molecule has 1 aromatic carbocycles. The summed E-state index contributed by atoms with van der Waals surface area (Å²) in [6.07, 6.45) is 0.306. The third kappa shape index (κ3) is 5.59. The number of nitrogens with one attached hydrogen (secondary N) is 1. The molecule has 106 valence electrons. The SMILES string of the molecule is Cc1c(Cl)cccc1NC(=O)CN(C)CCC(C)O. The fraction of sp³-hybridized carbons (Fsp3) is 0.500. The second-order valence-corrected chi connectivity index (χ2v) is 5.24. The summed E-state index contributed by atoms with van der Waals surface area (Å²) in [4.78, 5) is 13.7. The Labute approximate surface area is 119 Å². The van der Waals surface area contributed by atoms with Crippen molar-refractivity contribution in [3.8, 4) is 0 Å². The molecule has 0 saturated heterocycles. The summed E-state index contributed by atoms with van der Waals surface area (Å²) >= 11 is 6.00. The normalized spacial score (nSPS) is 12.5. The minimum atomic E-state index is -0.347. The van der Waals surface area contributed by atoms with Gasteiger partial charge >= 0.3 is 0 Å². The molecule has 0 aliphatic heterocycles. The van der Waals surface area contributed by atoms with Gasteiger partial charge in [0.05, 0.1) is 12.6 Å². The zero-order valence-corrected chi connectivity index (χ0v) is 12.4. The van der Waals surface area contributed by atoms with E-state index < -0.39 is 0 Å². The van der Waals surface area contributed by atoms with Gasteiger partial charge in [-0.3, -0.25) is 9.69 Å². The largest absolute Gasteiger partial charge is 0.393 e. The van der Waals surface area contributed by atoms with Crippen LogP contribution in [-0.2, 0) is 4.79 Å². The molecule has 0 spiro atoms. The highest BCUT2D eigenvalue weighted by Gasteiger charge is 2.10. The zero-order chi connectivity index (χ0) is 14.4. The first kappa shape index (κ1) is 16.0. The number of hydrogen-bond acceptors (Lipinski definition) is 3. The maximum absolute atomic E-state index is 11.9. The van der Waals surface area contributed by atoms with E-state index in [0.717, 1.165) is 11.3 Å². The summed E-state index contributed by atoms with van der Waals surface area (Å²) < 4.78 is 0. The van der Waals surface area contributed by atoms with Crippen molar-refractivity contribution in [2.45, 2.75) is 26.4 Å². The number of hydrogen-bond donors (Lipinski definition) is 2. The van der Waals surface area contributed by atoms with Crippen LogP contribution in [-0.4, -0.2) is 42.2 Å². The predicted molar refractivity (Wildman–Crippen MR) is 78.6 cm³/mol. The van der Waals surface area contributed by atoms with Crippen LogP contribution in [0.1, 0.15) is 18.9 Å². The number of likely N-dealkylation sites (N-methyl/N-ethyl adjacent to an activating group) is 1. The molecule has 4 nitrogen and oxygen atoms in total. The van der Waals surface area contributed by atoms with Crippen LogP contribution >= 0.6 is 11.6 Å². The minimum absolute atomic E-state index is 0.0848. The van der Waals surface area contributed by atoms with Gasteiger partial charge in [0.1, 0.15) is 0 Å². The van der Waals surface area contributed by atoms with E-state index in [1.165, 1.54) is 0 Å². The van der Waals surface area contributed by atoms with Gasteiger partial charge in [0, 0.05) is 17.3 Å². The molecule has 1 atom stereocenters. The van der Waals surface area contributed by atoms with E-state index in [9.17, 15) is 9.90 Å². The fourth-order valence-electron chi connectivity index (χ4n) is 1.66. The smallest absolute Gasteiger partial charge is 0.238 e. The van der Waals surface area contributed by atoms with Crippen LogP contribution in [0.25, 0.3) is 0 Å². The number of aliphatic hydroxyl groups is 1. The number of rotatable bonds is 6. The van der Waals surface area contributed by atoms with Crippen LogP contribution in [0.4, 0.5) is 5.69 Å². The molecule has 0 fully saturated rings. The Hall–Kier alpha value is -1.10. The van der Waals surface area contributed by atoms with Crippen molar-refractivity contribution >= 4 is 23.2 Å². The lowest BCUT2D eigenvalue weighted by Gasteiger charge is -2.17. The Morgan fingerprint density at radius 3 is 2.84 bits per heavy atom. The Balaban J connectivity index is 2.49. The van der Waals surface area contributed by atoms with E-state index in [0.29, 0.717) is 24.5 Å². The average molecular weight is 285 g/mol. The van der Waals surface area contributed by atoms with Gasteiger partial charge < -0.3 is 10.4 Å². The molecule has 1 rings (SSSR count). The zero-order valence-electron chi connectivity index (χ0n) is 11.6. The van der Waals surface area contributed by atoms with Gasteiger partial charge in [-0.05, 0) is 45.0 Å². The summed E-state index contributed by atoms with van der Waals surface area (Å²) in [5, 5.41) is 12.7. The number of halogens is 1. The molecule has 1 amide bonds. The molecule has 0 heterocycles. The molecular weight excluding hydrogens is 264 g/mol. The molecule has 2 N–H and O–H groups in total. The topological polar surface area (TPSA) is 52.6 Å². The third-order valence-corrected chi connectivity index (χ3v) is 3.29. The minimum Gasteiger partial charge on any atom is -0.393 e. The van der Waals surface area contributed by atoms with Gasteiger partial charge in [-0.15, -0.1) is 0 Å². The molecule has 0 aliphatic carbocycles. The Morgan fingerprint density at radius 2 is 2.21 bits per heavy atom. The molecule has 0 aliphatic rings. The number of carbonyl (C=O) groups excluding carboxylic acids is 1. The van der Waals surface area contributed by atoms with Crippen molar-refractivity contribution in [3.05, 3.63) is 28.8 Å². The van der Waals surface area contributed by atoms with Gasteiger partial charge in [0.2, 0.25) is 5.91 Å². The van der Waals surface area contributed by atoms with Gasteiger partial charge in [0.15, 0.2) is 0 Å². The van der Waals surface area contributed by atoms with Crippen LogP contribution in [0.3, 0.4) is 0 Å². The van der Waals surface area contributed by atoms with Gasteiger partial charge in [-0.1, -0.05) is 17.7 Å². The van der Waals surface area contributed by atoms with Gasteiger partial charge in [0.25, 0.3) is 0 Å². The van der Waals surface area contributed by atoms with Crippen molar-refractivity contribution in [1.29, 1.82) is 0 Å². The van der Waals surface area contributed by atoms with E-state index in [4.69, 9.17) is 11.6 Å². The van der Waals surface area contributed by atoms with Crippen molar-refractivity contribution in [3.63, 3.8) is 0 Å². The fourth-order valence-corrected chi connectivity index (χ4v) is 1.84. The molecule has 0 aromatic heterocycles. The summed E-state index contributed by atoms with van der Waals surface area (Å²) in [5.41, 5.74) is 1.60. The highest BCUT2D eigenvalue weighted by atomic mass is 35.5. The average Bonchev–Trinajstić information content (AvgIpc) is 2.32. The van der Waals surface area contributed by atoms with E-state index in [1.807, 2.05) is 31.0 Å². The van der Waals surface area contributed by atoms with Crippen LogP contribution in [0.15, 0.2) is 18.2 Å². The molecule has 0 bridgehead atoms. The second-order valence-electron chi connectivity index (χ2n) is 4.84. The molecular formula is C14H21ClN2O2. The quantitative estimate of drug-likeness (QED) is 0.843. The molecule has 1 unspecified atom stereocenters. The number of benzene rings is 1. The first-order valence-electron chi connectivity index (χ1n) is 6.31. The first-order valence-corrected chi connectivity index (χ1v) is 6.69. The van der Waals surface area contributed by atoms with Crippen LogP contribution < -0.4 is 5.32 Å². The van der Waals surface area contributed by atoms with E-state index in [-0.39, 0.29) is 12.0 Å². The third-order valence-electron chi connectivity index (χ3n) is 2.88. The number of amides is 1. The first-order chi connectivity index (χ1) is 8.90. The van der Waals surface area contributed by atoms with Crippen LogP contribution in [0.2, 0.25) is 5.02 Å². The lowest BCUT2D eigenvalue weighted by molar-refractivity contribution is -0.117. The van der Waals surface area contributed by atoms with Crippen molar-refractivity contribution in [1.82, 2.24) is 4.90 Å². The summed E-state index contributed by atoms with van der Waals surface area (Å²) in [6, 6.07) is 5.43. The highest BCUT2D eigenvalue weighted by molar-refractivity contribution is 6.31. The second kappa shape index (κ2) is 7.48. The standard InChI is InChI=1S/C14H21ClN2O2/c1-10(18)7-8-17(3)9-14(19)16-13-6-4-5-12(15)11(13)2/h4-6,10,18H,7-9H2,1-3H3,(H,16,19). The monoisotopic (exact) mass is 284 g/mol. The molecule has 1 aromatic rings. The lowest BCUT2D eigenvalue weighted by Crippen LogP contribution is -2.32. The Morgan fingerprint density at radius 1 is 1.53 bits per heavy atom. The maximum Gasteiger partial charge on any atom is 0.238 e. The van der Waals surface area contributed by atoms with Crippen molar-refractivity contribution in [2.75, 3.05) is 25.5 Å². The summed E-state index contributed by atoms with van der Waals surface area (Å²) in [5.74, 6) is -0.0848. The molecule has 5 heteroatoms. The number of aliphatic hydroxyl groups excluding tert-OH is 1. The predicted octanol–water partition coefficient (Wildman–Crippen LogP) is 2.29. The summed E-state index contributed by atoms with van der Waals surface area (Å²) in [7, 11) is 1.85. The van der Waals surface area contributed by atoms with Gasteiger partial charge in [-0.2, -0.15) is 0 Å². The molecule has 0 saturated carbocycles. The van der Waals surface area contributed by atoms with Crippen molar-refractivity contribution in [2.24, 2.45) is 0 Å². The van der Waals surface area contributed by atoms with Crippen LogP contribution in [0.5, 0.6) is 0 Å². The van der Waals surface area contributed by atoms with E-state index >= 15 is 0 Å². The lowest BCUT2D eigenvalue weighted by atomic mass is 10.2. The number of nitrogens with zero attached hydrogens (tertiary/aromatic N) is 1. The van der Waals surface area contributed by atoms with E-state index in [1.54, 1.807) is 13.0 Å². The van der Waals surface area contributed by atoms with Gasteiger partial charge in [-0.25, -0.2) is 0 Å². The number of carbonyl (C=O) groups is 1. The number of anilines is 1. The van der Waals surface area contributed by atoms with Crippen molar-refractivity contribution < 1.29 is 9.90 Å². The van der Waals surface area contributed by atoms with Crippen LogP contribution in [0, 0.1) is 6.92 Å². The highest BCUT2D eigenvalue weighted by Crippen LogP contribution is 2.22. The maximum atomic E-state index is 11.9. The Kier molecular flexibility index (Phi) is 6.28. The molecule has 19 heavy (non-hydrogen) atoms. The Bertz CT molecular complexity index is 435. The molecule has 0 radical (unpaired) electrons.